The highest BCUT2D eigenvalue weighted by Gasteiger charge is 2.46. The van der Waals surface area contributed by atoms with Crippen molar-refractivity contribution >= 4 is 29.2 Å². The van der Waals surface area contributed by atoms with E-state index in [1.54, 1.807) is 12.1 Å². The van der Waals surface area contributed by atoms with Crippen LogP contribution in [0.15, 0.2) is 42.5 Å². The molecular weight excluding hydrogens is 482 g/mol. The highest BCUT2D eigenvalue weighted by molar-refractivity contribution is 6.30. The summed E-state index contributed by atoms with van der Waals surface area (Å²) in [5.74, 6) is 0.560. The van der Waals surface area contributed by atoms with E-state index in [1.807, 2.05) is 30.3 Å². The minimum atomic E-state index is -0.535. The van der Waals surface area contributed by atoms with Gasteiger partial charge in [-0.3, -0.25) is 4.79 Å². The number of anilines is 1. The Labute approximate surface area is 215 Å². The fourth-order valence-electron chi connectivity index (χ4n) is 5.47. The van der Waals surface area contributed by atoms with Gasteiger partial charge in [0.05, 0.1) is 19.1 Å². The van der Waals surface area contributed by atoms with Gasteiger partial charge in [-0.25, -0.2) is 4.79 Å². The van der Waals surface area contributed by atoms with Crippen molar-refractivity contribution in [2.75, 3.05) is 11.9 Å². The Hall–Kier alpha value is -2.81. The van der Waals surface area contributed by atoms with Crippen molar-refractivity contribution in [1.29, 1.82) is 0 Å². The number of amides is 3. The Bertz CT molecular complexity index is 1090. The lowest BCUT2D eigenvalue weighted by atomic mass is 9.84. The molecule has 2 heterocycles. The van der Waals surface area contributed by atoms with Crippen molar-refractivity contribution in [1.82, 2.24) is 10.6 Å². The third kappa shape index (κ3) is 5.77. The number of rotatable bonds is 7. The number of aliphatic hydroxyl groups is 1. The molecule has 3 aliphatic rings. The number of aliphatic hydroxyl groups excluding tert-OH is 1. The second-order valence-electron chi connectivity index (χ2n) is 9.84. The number of fused-ring (bicyclic) bond motifs is 3. The summed E-state index contributed by atoms with van der Waals surface area (Å²) in [7, 11) is 0. The van der Waals surface area contributed by atoms with Gasteiger partial charge in [-0.05, 0) is 55.2 Å². The van der Waals surface area contributed by atoms with Crippen molar-refractivity contribution in [2.24, 2.45) is 0 Å². The van der Waals surface area contributed by atoms with E-state index in [0.717, 1.165) is 42.6 Å². The van der Waals surface area contributed by atoms with Gasteiger partial charge in [0.25, 0.3) is 0 Å². The molecule has 2 aromatic rings. The van der Waals surface area contributed by atoms with Crippen molar-refractivity contribution < 1.29 is 24.2 Å². The Balaban J connectivity index is 1.21. The molecule has 2 fully saturated rings. The molecule has 36 heavy (non-hydrogen) atoms. The molecule has 4 N–H and O–H groups in total. The summed E-state index contributed by atoms with van der Waals surface area (Å²) >= 11 is 5.92. The maximum absolute atomic E-state index is 12.6. The van der Waals surface area contributed by atoms with Crippen LogP contribution in [-0.2, 0) is 16.1 Å². The van der Waals surface area contributed by atoms with Crippen LogP contribution in [0.5, 0.6) is 5.75 Å². The van der Waals surface area contributed by atoms with Crippen molar-refractivity contribution in [2.45, 2.75) is 75.3 Å². The number of carbonyl (C=O) groups is 2. The predicted molar refractivity (Wildman–Crippen MR) is 136 cm³/mol. The normalized spacial score (nSPS) is 24.9. The first-order valence-electron chi connectivity index (χ1n) is 12.6. The fourth-order valence-corrected chi connectivity index (χ4v) is 5.60. The fraction of sp³-hybridized carbons (Fsp3) is 0.481. The molecule has 2 aromatic carbocycles. The van der Waals surface area contributed by atoms with E-state index in [4.69, 9.17) is 21.1 Å². The summed E-state index contributed by atoms with van der Waals surface area (Å²) < 4.78 is 12.2. The summed E-state index contributed by atoms with van der Waals surface area (Å²) in [5, 5.41) is 19.5. The largest absolute Gasteiger partial charge is 0.487 e. The maximum atomic E-state index is 12.6. The van der Waals surface area contributed by atoms with Crippen LogP contribution in [0.3, 0.4) is 0 Å². The zero-order chi connectivity index (χ0) is 25.1. The maximum Gasteiger partial charge on any atom is 0.319 e. The lowest BCUT2D eigenvalue weighted by Gasteiger charge is -2.37. The van der Waals surface area contributed by atoms with Crippen LogP contribution >= 0.6 is 11.6 Å². The van der Waals surface area contributed by atoms with E-state index in [9.17, 15) is 14.7 Å². The Morgan fingerprint density at radius 3 is 2.61 bits per heavy atom. The predicted octanol–water partition coefficient (Wildman–Crippen LogP) is 4.11. The SMILES string of the molecule is O=C(C[C@H]1C[C@H]2c3cc(NC(=O)NC4CCCC4)ccc3O[C@H]2[C@@H](CO)O1)NCc1ccc(Cl)cc1. The molecule has 2 aliphatic heterocycles. The summed E-state index contributed by atoms with van der Waals surface area (Å²) in [5.41, 5.74) is 2.62. The molecule has 0 aromatic heterocycles. The number of halogens is 1. The van der Waals surface area contributed by atoms with Crippen molar-refractivity contribution in [3.63, 3.8) is 0 Å². The highest BCUT2D eigenvalue weighted by atomic mass is 35.5. The highest BCUT2D eigenvalue weighted by Crippen LogP contribution is 2.47. The molecular formula is C27H32ClN3O5. The monoisotopic (exact) mass is 513 g/mol. The van der Waals surface area contributed by atoms with Gasteiger partial charge < -0.3 is 30.5 Å². The Morgan fingerprint density at radius 1 is 1.08 bits per heavy atom. The molecule has 0 bridgehead atoms. The number of carbonyl (C=O) groups excluding carboxylic acids is 2. The van der Waals surface area contributed by atoms with E-state index < -0.39 is 6.10 Å². The van der Waals surface area contributed by atoms with Gasteiger partial charge in [-0.2, -0.15) is 0 Å². The van der Waals surface area contributed by atoms with E-state index in [2.05, 4.69) is 16.0 Å². The molecule has 1 saturated heterocycles. The topological polar surface area (TPSA) is 109 Å². The number of benzene rings is 2. The molecule has 0 radical (unpaired) electrons. The zero-order valence-electron chi connectivity index (χ0n) is 20.0. The molecule has 1 saturated carbocycles. The van der Waals surface area contributed by atoms with Gasteiger partial charge in [0.2, 0.25) is 5.91 Å². The average molecular weight is 514 g/mol. The van der Waals surface area contributed by atoms with Crippen LogP contribution in [0, 0.1) is 0 Å². The van der Waals surface area contributed by atoms with E-state index >= 15 is 0 Å². The van der Waals surface area contributed by atoms with Gasteiger partial charge in [-0.1, -0.05) is 36.6 Å². The van der Waals surface area contributed by atoms with E-state index in [0.29, 0.717) is 23.7 Å². The van der Waals surface area contributed by atoms with Gasteiger partial charge in [0.15, 0.2) is 0 Å². The third-order valence-corrected chi connectivity index (χ3v) is 7.52. The standard InChI is InChI=1S/C27H32ClN3O5/c28-17-7-5-16(6-8-17)14-29-25(33)13-20-12-22-21-11-19(31-27(34)30-18-3-1-2-4-18)9-10-23(21)36-26(22)24(15-32)35-20/h5-11,18,20,22,24,26,32H,1-4,12-15H2,(H,29,33)(H2,30,31,34)/t20-,22+,24-,26-/m1/s1. The average Bonchev–Trinajstić information content (AvgIpc) is 3.51. The van der Waals surface area contributed by atoms with Crippen LogP contribution in [0.1, 0.15) is 55.6 Å². The van der Waals surface area contributed by atoms with E-state index in [1.165, 1.54) is 0 Å². The third-order valence-electron chi connectivity index (χ3n) is 7.26. The number of ether oxygens (including phenoxy) is 2. The molecule has 4 atom stereocenters. The summed E-state index contributed by atoms with van der Waals surface area (Å²) in [6, 6.07) is 13.0. The van der Waals surface area contributed by atoms with Crippen LogP contribution in [0.4, 0.5) is 10.5 Å². The second-order valence-corrected chi connectivity index (χ2v) is 10.3. The number of nitrogens with one attached hydrogen (secondary N) is 3. The first-order chi connectivity index (χ1) is 17.5. The van der Waals surface area contributed by atoms with Crippen molar-refractivity contribution in [3.05, 3.63) is 58.6 Å². The van der Waals surface area contributed by atoms with Crippen molar-refractivity contribution in [3.8, 4) is 5.75 Å². The molecule has 3 amide bonds. The number of hydrogen-bond donors (Lipinski definition) is 4. The summed E-state index contributed by atoms with van der Waals surface area (Å²) in [6.45, 7) is 0.203. The molecule has 0 unspecified atom stereocenters. The molecule has 8 nitrogen and oxygen atoms in total. The van der Waals surface area contributed by atoms with Gasteiger partial charge >= 0.3 is 6.03 Å². The van der Waals surface area contributed by atoms with Crippen LogP contribution in [0.25, 0.3) is 0 Å². The Morgan fingerprint density at radius 2 is 1.86 bits per heavy atom. The number of hydrogen-bond acceptors (Lipinski definition) is 5. The molecule has 1 aliphatic carbocycles. The number of urea groups is 1. The van der Waals surface area contributed by atoms with Gasteiger partial charge in [-0.15, -0.1) is 0 Å². The molecule has 0 spiro atoms. The quantitative estimate of drug-likeness (QED) is 0.445. The zero-order valence-corrected chi connectivity index (χ0v) is 20.8. The van der Waals surface area contributed by atoms with Gasteiger partial charge in [0, 0.05) is 34.8 Å². The first-order valence-corrected chi connectivity index (χ1v) is 13.0. The van der Waals surface area contributed by atoms with E-state index in [-0.39, 0.29) is 49.1 Å². The smallest absolute Gasteiger partial charge is 0.319 e. The second kappa shape index (κ2) is 11.1. The summed E-state index contributed by atoms with van der Waals surface area (Å²) in [4.78, 5) is 25.1. The van der Waals surface area contributed by atoms with Crippen LogP contribution in [-0.4, -0.2) is 48.0 Å². The van der Waals surface area contributed by atoms with Gasteiger partial charge in [0.1, 0.15) is 18.0 Å². The summed E-state index contributed by atoms with van der Waals surface area (Å²) in [6.07, 6.45) is 3.89. The Kier molecular flexibility index (Phi) is 7.65. The molecule has 192 valence electrons. The molecule has 9 heteroatoms. The lowest BCUT2D eigenvalue weighted by molar-refractivity contribution is -0.142. The lowest BCUT2D eigenvalue weighted by Crippen LogP contribution is -2.47. The van der Waals surface area contributed by atoms with Crippen LogP contribution in [0.2, 0.25) is 5.02 Å². The minimum absolute atomic E-state index is 0.0420. The van der Waals surface area contributed by atoms with Crippen LogP contribution < -0.4 is 20.7 Å². The molecule has 5 rings (SSSR count). The first kappa shape index (κ1) is 24.9. The minimum Gasteiger partial charge on any atom is -0.487 e.